The third kappa shape index (κ3) is 6.12. The van der Waals surface area contributed by atoms with Crippen molar-refractivity contribution in [2.45, 2.75) is 45.3 Å². The molecule has 1 aromatic carbocycles. The van der Waals surface area contributed by atoms with Crippen molar-refractivity contribution in [3.05, 3.63) is 35.3 Å². The second-order valence-corrected chi connectivity index (χ2v) is 7.64. The number of allylic oxidation sites excluding steroid dienone is 2. The molecule has 156 valence electrons. The monoisotopic (exact) mass is 411 g/mol. The molecule has 1 fully saturated rings. The van der Waals surface area contributed by atoms with E-state index in [0.717, 1.165) is 6.07 Å². The highest BCUT2D eigenvalue weighted by Crippen LogP contribution is 2.30. The van der Waals surface area contributed by atoms with Gasteiger partial charge >= 0.3 is 6.09 Å². The van der Waals surface area contributed by atoms with Crippen LogP contribution in [0.15, 0.2) is 29.5 Å². The summed E-state index contributed by atoms with van der Waals surface area (Å²) >= 11 is 0. The average molecular weight is 411 g/mol. The van der Waals surface area contributed by atoms with Crippen LogP contribution in [0.1, 0.15) is 33.6 Å². The van der Waals surface area contributed by atoms with Gasteiger partial charge in [0.15, 0.2) is 5.57 Å². The van der Waals surface area contributed by atoms with Crippen molar-refractivity contribution in [1.29, 1.82) is 15.8 Å². The van der Waals surface area contributed by atoms with Crippen molar-refractivity contribution >= 4 is 11.8 Å². The van der Waals surface area contributed by atoms with E-state index in [1.165, 1.54) is 12.1 Å². The minimum Gasteiger partial charge on any atom is -0.488 e. The summed E-state index contributed by atoms with van der Waals surface area (Å²) in [7, 11) is 0. The van der Waals surface area contributed by atoms with Crippen LogP contribution < -0.4 is 10.1 Å². The lowest BCUT2D eigenvalue weighted by molar-refractivity contribution is 0.0127. The van der Waals surface area contributed by atoms with Crippen LogP contribution in [-0.4, -0.2) is 35.8 Å². The van der Waals surface area contributed by atoms with Crippen LogP contribution in [0.2, 0.25) is 0 Å². The van der Waals surface area contributed by atoms with E-state index < -0.39 is 17.0 Å². The fourth-order valence-corrected chi connectivity index (χ4v) is 2.78. The molecule has 0 aromatic heterocycles. The Labute approximate surface area is 174 Å². The average Bonchev–Trinajstić information content (AvgIpc) is 2.69. The molecule has 1 N–H and O–H groups in total. The van der Waals surface area contributed by atoms with E-state index in [0.29, 0.717) is 25.9 Å². The lowest BCUT2D eigenvalue weighted by atomic mass is 10.1. The zero-order chi connectivity index (χ0) is 22.3. The number of hydrogen-bond donors (Lipinski definition) is 1. The van der Waals surface area contributed by atoms with Crippen LogP contribution in [0.4, 0.5) is 14.9 Å². The quantitative estimate of drug-likeness (QED) is 0.747. The summed E-state index contributed by atoms with van der Waals surface area (Å²) in [6.07, 6.45) is 0.460. The minimum absolute atomic E-state index is 0.129. The Hall–Kier alpha value is -3.77. The molecule has 1 amide bonds. The Morgan fingerprint density at radius 3 is 2.33 bits per heavy atom. The molecule has 30 heavy (non-hydrogen) atoms. The van der Waals surface area contributed by atoms with Gasteiger partial charge < -0.3 is 19.7 Å². The van der Waals surface area contributed by atoms with Gasteiger partial charge in [0.2, 0.25) is 0 Å². The van der Waals surface area contributed by atoms with Gasteiger partial charge in [-0.1, -0.05) is 0 Å². The van der Waals surface area contributed by atoms with Crippen LogP contribution in [-0.2, 0) is 4.74 Å². The van der Waals surface area contributed by atoms with E-state index >= 15 is 0 Å². The fraction of sp³-hybridized carbons (Fsp3) is 0.429. The highest BCUT2D eigenvalue weighted by molar-refractivity contribution is 5.68. The Morgan fingerprint density at radius 2 is 1.80 bits per heavy atom. The maximum absolute atomic E-state index is 13.7. The lowest BCUT2D eigenvalue weighted by Gasteiger charge is -2.33. The van der Waals surface area contributed by atoms with Gasteiger partial charge in [-0.15, -0.1) is 0 Å². The van der Waals surface area contributed by atoms with E-state index in [9.17, 15) is 14.4 Å². The molecular formula is C21H22FN5O3. The number of hydrogen-bond acceptors (Lipinski definition) is 7. The summed E-state index contributed by atoms with van der Waals surface area (Å²) in [5.74, 6) is -0.299. The van der Waals surface area contributed by atoms with Crippen molar-refractivity contribution in [2.24, 2.45) is 0 Å². The highest BCUT2D eigenvalue weighted by atomic mass is 19.1. The molecule has 0 spiro atoms. The molecule has 0 bridgehead atoms. The zero-order valence-electron chi connectivity index (χ0n) is 17.0. The maximum atomic E-state index is 13.7. The number of halogens is 1. The molecule has 0 radical (unpaired) electrons. The number of benzene rings is 1. The van der Waals surface area contributed by atoms with Crippen molar-refractivity contribution in [3.63, 3.8) is 0 Å². The predicted octanol–water partition coefficient (Wildman–Crippen LogP) is 3.84. The molecule has 0 unspecified atom stereocenters. The number of nitrogens with zero attached hydrogens (tertiary/aromatic N) is 4. The first-order valence-electron chi connectivity index (χ1n) is 9.32. The SMILES string of the molecule is CC(C)(C)OC(=O)N1CCC(Oc2ccc(F)cc2NC(C#N)=C(C#N)C#N)CC1. The van der Waals surface area contributed by atoms with Crippen LogP contribution in [0.5, 0.6) is 5.75 Å². The van der Waals surface area contributed by atoms with E-state index in [-0.39, 0.29) is 29.3 Å². The Balaban J connectivity index is 2.10. The van der Waals surface area contributed by atoms with Gasteiger partial charge in [-0.05, 0) is 32.9 Å². The van der Waals surface area contributed by atoms with Crippen molar-refractivity contribution in [1.82, 2.24) is 4.90 Å². The first kappa shape index (κ1) is 22.5. The highest BCUT2D eigenvalue weighted by Gasteiger charge is 2.28. The molecule has 0 aliphatic carbocycles. The van der Waals surface area contributed by atoms with E-state index in [2.05, 4.69) is 5.32 Å². The van der Waals surface area contributed by atoms with Crippen molar-refractivity contribution < 1.29 is 18.7 Å². The van der Waals surface area contributed by atoms with Gasteiger partial charge in [0.05, 0.1) is 5.69 Å². The lowest BCUT2D eigenvalue weighted by Crippen LogP contribution is -2.44. The molecular weight excluding hydrogens is 389 g/mol. The van der Waals surface area contributed by atoms with E-state index in [1.54, 1.807) is 43.9 Å². The summed E-state index contributed by atoms with van der Waals surface area (Å²) in [6.45, 7) is 6.30. The minimum atomic E-state index is -0.573. The number of amides is 1. The molecule has 1 heterocycles. The number of nitriles is 3. The Kier molecular flexibility index (Phi) is 7.22. The number of ether oxygens (including phenoxy) is 2. The summed E-state index contributed by atoms with van der Waals surface area (Å²) in [5.41, 5.74) is -1.16. The number of rotatable bonds is 4. The number of nitrogens with one attached hydrogen (secondary N) is 1. The Morgan fingerprint density at radius 1 is 1.17 bits per heavy atom. The summed E-state index contributed by atoms with van der Waals surface area (Å²) in [6, 6.07) is 8.70. The van der Waals surface area contributed by atoms with E-state index in [4.69, 9.17) is 20.0 Å². The molecule has 1 aliphatic heterocycles. The zero-order valence-corrected chi connectivity index (χ0v) is 17.0. The van der Waals surface area contributed by atoms with Gasteiger partial charge in [0, 0.05) is 32.0 Å². The molecule has 9 heteroatoms. The fourth-order valence-electron chi connectivity index (χ4n) is 2.78. The third-order valence-corrected chi connectivity index (χ3v) is 4.17. The number of carbonyl (C=O) groups is 1. The normalized spacial score (nSPS) is 14.0. The summed E-state index contributed by atoms with van der Waals surface area (Å²) < 4.78 is 25.1. The second kappa shape index (κ2) is 9.62. The molecule has 1 saturated heterocycles. The van der Waals surface area contributed by atoms with Gasteiger partial charge in [-0.3, -0.25) is 0 Å². The molecule has 0 saturated carbocycles. The van der Waals surface area contributed by atoms with Crippen LogP contribution in [0, 0.1) is 39.8 Å². The van der Waals surface area contributed by atoms with Crippen molar-refractivity contribution in [3.8, 4) is 24.0 Å². The number of likely N-dealkylation sites (tertiary alicyclic amines) is 1. The summed E-state index contributed by atoms with van der Waals surface area (Å²) in [5, 5.41) is 29.7. The van der Waals surface area contributed by atoms with Gasteiger partial charge in [0.1, 0.15) is 47.2 Å². The topological polar surface area (TPSA) is 122 Å². The first-order valence-corrected chi connectivity index (χ1v) is 9.32. The second-order valence-electron chi connectivity index (χ2n) is 7.64. The number of carbonyl (C=O) groups excluding carboxylic acids is 1. The van der Waals surface area contributed by atoms with Crippen molar-refractivity contribution in [2.75, 3.05) is 18.4 Å². The van der Waals surface area contributed by atoms with Crippen LogP contribution in [0.3, 0.4) is 0 Å². The maximum Gasteiger partial charge on any atom is 0.410 e. The smallest absolute Gasteiger partial charge is 0.410 e. The van der Waals surface area contributed by atoms with Gasteiger partial charge in [-0.25, -0.2) is 9.18 Å². The molecule has 2 rings (SSSR count). The predicted molar refractivity (Wildman–Crippen MR) is 105 cm³/mol. The third-order valence-electron chi connectivity index (χ3n) is 4.17. The standard InChI is InChI=1S/C21H22FN5O3/c1-21(2,3)30-20(28)27-8-6-16(7-9-27)29-19-5-4-15(22)10-17(19)26-18(13-25)14(11-23)12-24/h4-5,10,16,26H,6-9H2,1-3H3. The number of piperidine rings is 1. The van der Waals surface area contributed by atoms with Crippen LogP contribution >= 0.6 is 0 Å². The molecule has 0 atom stereocenters. The molecule has 1 aromatic rings. The van der Waals surface area contributed by atoms with Crippen LogP contribution in [0.25, 0.3) is 0 Å². The number of anilines is 1. The largest absolute Gasteiger partial charge is 0.488 e. The van der Waals surface area contributed by atoms with E-state index in [1.807, 2.05) is 0 Å². The molecule has 1 aliphatic rings. The Bertz CT molecular complexity index is 939. The molecule has 8 nitrogen and oxygen atoms in total. The van der Waals surface area contributed by atoms with Gasteiger partial charge in [0.25, 0.3) is 0 Å². The summed E-state index contributed by atoms with van der Waals surface area (Å²) in [4.78, 5) is 13.8. The van der Waals surface area contributed by atoms with Gasteiger partial charge in [-0.2, -0.15) is 15.8 Å². The first-order chi connectivity index (χ1) is 14.2.